The second kappa shape index (κ2) is 6.08. The zero-order valence-corrected chi connectivity index (χ0v) is 11.4. The van der Waals surface area contributed by atoms with Crippen molar-refractivity contribution in [1.82, 2.24) is 0 Å². The van der Waals surface area contributed by atoms with Crippen molar-refractivity contribution in [2.75, 3.05) is 17.9 Å². The molecular weight excluding hydrogens is 254 g/mol. The molecule has 0 atom stereocenters. The molecule has 5 nitrogen and oxygen atoms in total. The van der Waals surface area contributed by atoms with E-state index in [9.17, 15) is 4.79 Å². The number of methoxy groups -OCH3 is 1. The number of nitrogens with two attached hydrogens (primary N) is 1. The molecule has 0 aliphatic rings. The summed E-state index contributed by atoms with van der Waals surface area (Å²) in [5.41, 5.74) is 5.24. The normalized spacial score (nSPS) is 9.95. The summed E-state index contributed by atoms with van der Waals surface area (Å²) in [4.78, 5) is 12.2. The lowest BCUT2D eigenvalue weighted by atomic mass is 10.1. The molecule has 2 aromatic rings. The first kappa shape index (κ1) is 13.9. The molecular formula is C15H17N3O2. The van der Waals surface area contributed by atoms with Gasteiger partial charge in [-0.15, -0.1) is 0 Å². The Morgan fingerprint density at radius 3 is 2.60 bits per heavy atom. The number of aryl methyl sites for hydroxylation is 1. The van der Waals surface area contributed by atoms with Crippen LogP contribution in [0.4, 0.5) is 11.4 Å². The van der Waals surface area contributed by atoms with Crippen molar-refractivity contribution < 1.29 is 9.53 Å². The third-order valence-corrected chi connectivity index (χ3v) is 2.98. The molecule has 0 unspecified atom stereocenters. The van der Waals surface area contributed by atoms with Crippen molar-refractivity contribution in [2.45, 2.75) is 6.92 Å². The molecule has 0 saturated carbocycles. The number of benzene rings is 2. The van der Waals surface area contributed by atoms with Crippen molar-refractivity contribution in [1.29, 1.82) is 0 Å². The van der Waals surface area contributed by atoms with Crippen LogP contribution in [0.3, 0.4) is 0 Å². The minimum Gasteiger partial charge on any atom is -0.496 e. The van der Waals surface area contributed by atoms with Crippen LogP contribution in [0.1, 0.15) is 15.9 Å². The van der Waals surface area contributed by atoms with Gasteiger partial charge in [-0.2, -0.15) is 0 Å². The number of hydrogen-bond donors (Lipinski definition) is 3. The van der Waals surface area contributed by atoms with Crippen molar-refractivity contribution in [2.24, 2.45) is 5.84 Å². The lowest BCUT2D eigenvalue weighted by Crippen LogP contribution is -2.17. The minimum atomic E-state index is -0.219. The maximum atomic E-state index is 12.2. The largest absolute Gasteiger partial charge is 0.496 e. The number of ether oxygens (including phenoxy) is 1. The fourth-order valence-electron chi connectivity index (χ4n) is 1.96. The quantitative estimate of drug-likeness (QED) is 0.590. The lowest BCUT2D eigenvalue weighted by Gasteiger charge is -2.11. The molecule has 2 rings (SSSR count). The predicted octanol–water partition coefficient (Wildman–Crippen LogP) is 2.54. The summed E-state index contributed by atoms with van der Waals surface area (Å²) in [6.45, 7) is 1.92. The van der Waals surface area contributed by atoms with Crippen LogP contribution < -0.4 is 21.3 Å². The number of carbonyl (C=O) groups is 1. The fraction of sp³-hybridized carbons (Fsp3) is 0.133. The molecule has 0 aliphatic heterocycles. The highest BCUT2D eigenvalue weighted by Crippen LogP contribution is 2.22. The molecule has 1 amide bonds. The van der Waals surface area contributed by atoms with Crippen LogP contribution in [-0.4, -0.2) is 13.0 Å². The summed E-state index contributed by atoms with van der Waals surface area (Å²) in [5.74, 6) is 5.96. The molecule has 0 aromatic heterocycles. The standard InChI is InChI=1S/C15H17N3O2/c1-10-9-11(7-8-14(10)20-2)17-15(19)12-5-3-4-6-13(12)18-16/h3-9,18H,16H2,1-2H3,(H,17,19). The van der Waals surface area contributed by atoms with E-state index in [1.807, 2.05) is 25.1 Å². The van der Waals surface area contributed by atoms with E-state index < -0.39 is 0 Å². The number of para-hydroxylation sites is 1. The zero-order chi connectivity index (χ0) is 14.5. The Labute approximate surface area is 117 Å². The Balaban J connectivity index is 2.21. The smallest absolute Gasteiger partial charge is 0.257 e. The van der Waals surface area contributed by atoms with Crippen LogP contribution >= 0.6 is 0 Å². The van der Waals surface area contributed by atoms with Crippen molar-refractivity contribution in [3.8, 4) is 5.75 Å². The first-order valence-electron chi connectivity index (χ1n) is 6.17. The predicted molar refractivity (Wildman–Crippen MR) is 79.9 cm³/mol. The Kier molecular flexibility index (Phi) is 4.22. The van der Waals surface area contributed by atoms with E-state index >= 15 is 0 Å². The van der Waals surface area contributed by atoms with Crippen LogP contribution in [0.25, 0.3) is 0 Å². The van der Waals surface area contributed by atoms with E-state index in [-0.39, 0.29) is 5.91 Å². The molecule has 0 bridgehead atoms. The van der Waals surface area contributed by atoms with Gasteiger partial charge in [0.2, 0.25) is 0 Å². The number of nitrogen functional groups attached to an aromatic ring is 1. The number of carbonyl (C=O) groups excluding carboxylic acids is 1. The van der Waals surface area contributed by atoms with Crippen LogP contribution in [0.15, 0.2) is 42.5 Å². The maximum absolute atomic E-state index is 12.2. The maximum Gasteiger partial charge on any atom is 0.257 e. The van der Waals surface area contributed by atoms with Gasteiger partial charge >= 0.3 is 0 Å². The van der Waals surface area contributed by atoms with E-state index in [0.717, 1.165) is 11.3 Å². The first-order valence-corrected chi connectivity index (χ1v) is 6.17. The van der Waals surface area contributed by atoms with Crippen molar-refractivity contribution in [3.05, 3.63) is 53.6 Å². The summed E-state index contributed by atoms with van der Waals surface area (Å²) < 4.78 is 5.19. The van der Waals surface area contributed by atoms with Gasteiger partial charge in [0.25, 0.3) is 5.91 Å². The Morgan fingerprint density at radius 2 is 1.95 bits per heavy atom. The Bertz CT molecular complexity index is 626. The first-order chi connectivity index (χ1) is 9.65. The summed E-state index contributed by atoms with van der Waals surface area (Å²) in [7, 11) is 1.61. The molecule has 0 aliphatic carbocycles. The molecule has 0 spiro atoms. The molecule has 0 saturated heterocycles. The highest BCUT2D eigenvalue weighted by molar-refractivity contribution is 6.08. The molecule has 5 heteroatoms. The van der Waals surface area contributed by atoms with Gasteiger partial charge in [0.15, 0.2) is 0 Å². The van der Waals surface area contributed by atoms with Gasteiger partial charge in [-0.1, -0.05) is 12.1 Å². The van der Waals surface area contributed by atoms with Crippen LogP contribution in [0, 0.1) is 6.92 Å². The number of amides is 1. The van der Waals surface area contributed by atoms with E-state index in [2.05, 4.69) is 10.7 Å². The van der Waals surface area contributed by atoms with Gasteiger partial charge in [-0.05, 0) is 42.8 Å². The molecule has 2 aromatic carbocycles. The van der Waals surface area contributed by atoms with Gasteiger partial charge in [-0.3, -0.25) is 10.6 Å². The fourth-order valence-corrected chi connectivity index (χ4v) is 1.96. The number of rotatable bonds is 4. The number of hydrazine groups is 1. The molecule has 0 fully saturated rings. The van der Waals surface area contributed by atoms with Gasteiger partial charge in [0.05, 0.1) is 18.4 Å². The number of nitrogens with one attached hydrogen (secondary N) is 2. The Morgan fingerprint density at radius 1 is 1.20 bits per heavy atom. The molecule has 0 radical (unpaired) electrons. The summed E-state index contributed by atoms with van der Waals surface area (Å²) in [6.07, 6.45) is 0. The molecule has 4 N–H and O–H groups in total. The number of hydrogen-bond acceptors (Lipinski definition) is 4. The van der Waals surface area contributed by atoms with Gasteiger partial charge in [-0.25, -0.2) is 0 Å². The Hall–Kier alpha value is -2.53. The summed E-state index contributed by atoms with van der Waals surface area (Å²) in [5, 5.41) is 2.84. The van der Waals surface area contributed by atoms with Gasteiger partial charge in [0, 0.05) is 5.69 Å². The van der Waals surface area contributed by atoms with E-state index in [1.54, 1.807) is 31.4 Å². The van der Waals surface area contributed by atoms with Gasteiger partial charge in [0.1, 0.15) is 5.75 Å². The average molecular weight is 271 g/mol. The molecule has 104 valence electrons. The second-order valence-electron chi connectivity index (χ2n) is 4.33. The van der Waals surface area contributed by atoms with Crippen molar-refractivity contribution >= 4 is 17.3 Å². The SMILES string of the molecule is COc1ccc(NC(=O)c2ccccc2NN)cc1C. The molecule has 0 heterocycles. The lowest BCUT2D eigenvalue weighted by molar-refractivity contribution is 0.102. The second-order valence-corrected chi connectivity index (χ2v) is 4.33. The van der Waals surface area contributed by atoms with Gasteiger partial charge < -0.3 is 15.5 Å². The summed E-state index contributed by atoms with van der Waals surface area (Å²) >= 11 is 0. The minimum absolute atomic E-state index is 0.219. The zero-order valence-electron chi connectivity index (χ0n) is 11.4. The topological polar surface area (TPSA) is 76.4 Å². The third-order valence-electron chi connectivity index (χ3n) is 2.98. The molecule has 20 heavy (non-hydrogen) atoms. The number of anilines is 2. The van der Waals surface area contributed by atoms with E-state index in [1.165, 1.54) is 0 Å². The van der Waals surface area contributed by atoms with Crippen LogP contribution in [0.2, 0.25) is 0 Å². The van der Waals surface area contributed by atoms with E-state index in [0.29, 0.717) is 16.9 Å². The van der Waals surface area contributed by atoms with Crippen molar-refractivity contribution in [3.63, 3.8) is 0 Å². The van der Waals surface area contributed by atoms with Crippen LogP contribution in [0.5, 0.6) is 5.75 Å². The third kappa shape index (κ3) is 2.89. The summed E-state index contributed by atoms with van der Waals surface area (Å²) in [6, 6.07) is 12.5. The van der Waals surface area contributed by atoms with Crippen LogP contribution in [-0.2, 0) is 0 Å². The average Bonchev–Trinajstić information content (AvgIpc) is 2.47. The highest BCUT2D eigenvalue weighted by atomic mass is 16.5. The monoisotopic (exact) mass is 271 g/mol. The highest BCUT2D eigenvalue weighted by Gasteiger charge is 2.11. The van der Waals surface area contributed by atoms with E-state index in [4.69, 9.17) is 10.6 Å².